The molecule has 0 bridgehead atoms. The van der Waals surface area contributed by atoms with E-state index in [1.807, 2.05) is 31.2 Å². The number of fused-ring (bicyclic) bond motifs is 1. The number of carbonyl (C=O) groups excluding carboxylic acids is 1. The van der Waals surface area contributed by atoms with Crippen molar-refractivity contribution in [2.24, 2.45) is 0 Å². The minimum Gasteiger partial charge on any atom is -0.478 e. The second kappa shape index (κ2) is 5.67. The third kappa shape index (κ3) is 2.73. The zero-order valence-corrected chi connectivity index (χ0v) is 13.9. The molecular formula is C19H19NO4. The van der Waals surface area contributed by atoms with Gasteiger partial charge in [-0.15, -0.1) is 0 Å². The van der Waals surface area contributed by atoms with Crippen LogP contribution in [0.15, 0.2) is 42.5 Å². The van der Waals surface area contributed by atoms with Crippen molar-refractivity contribution in [2.45, 2.75) is 32.9 Å². The lowest BCUT2D eigenvalue weighted by Crippen LogP contribution is -2.52. The highest BCUT2D eigenvalue weighted by Gasteiger charge is 2.41. The van der Waals surface area contributed by atoms with Gasteiger partial charge in [0.1, 0.15) is 5.75 Å². The van der Waals surface area contributed by atoms with Crippen molar-refractivity contribution in [1.82, 2.24) is 0 Å². The molecule has 5 heteroatoms. The molecule has 2 aromatic carbocycles. The van der Waals surface area contributed by atoms with Crippen LogP contribution in [0.1, 0.15) is 35.3 Å². The highest BCUT2D eigenvalue weighted by Crippen LogP contribution is 2.39. The summed E-state index contributed by atoms with van der Waals surface area (Å²) in [5.41, 5.74) is 1.70. The Morgan fingerprint density at radius 2 is 1.92 bits per heavy atom. The molecule has 2 aromatic rings. The van der Waals surface area contributed by atoms with Crippen molar-refractivity contribution in [3.8, 4) is 5.75 Å². The number of nitrogens with zero attached hydrogens (tertiary/aromatic N) is 1. The Hall–Kier alpha value is -2.82. The molecule has 1 aliphatic heterocycles. The molecule has 0 aliphatic carbocycles. The predicted molar refractivity (Wildman–Crippen MR) is 90.5 cm³/mol. The number of aromatic carboxylic acids is 1. The van der Waals surface area contributed by atoms with Gasteiger partial charge in [0, 0.05) is 0 Å². The molecule has 0 aromatic heterocycles. The summed E-state index contributed by atoms with van der Waals surface area (Å²) >= 11 is 0. The number of rotatable bonds is 3. The van der Waals surface area contributed by atoms with Gasteiger partial charge < -0.3 is 14.7 Å². The number of hydrogen-bond donors (Lipinski definition) is 1. The number of aryl methyl sites for hydroxylation is 1. The first-order valence-electron chi connectivity index (χ1n) is 7.72. The van der Waals surface area contributed by atoms with Gasteiger partial charge in [-0.3, -0.25) is 4.79 Å². The monoisotopic (exact) mass is 325 g/mol. The van der Waals surface area contributed by atoms with Crippen LogP contribution in [0, 0.1) is 6.92 Å². The third-order valence-electron chi connectivity index (χ3n) is 4.21. The van der Waals surface area contributed by atoms with E-state index in [2.05, 4.69) is 0 Å². The average molecular weight is 325 g/mol. The summed E-state index contributed by atoms with van der Waals surface area (Å²) in [5, 5.41) is 9.23. The maximum absolute atomic E-state index is 12.9. The molecule has 1 aliphatic rings. The van der Waals surface area contributed by atoms with E-state index in [-0.39, 0.29) is 11.5 Å². The van der Waals surface area contributed by atoms with Crippen LogP contribution in [0.4, 0.5) is 5.69 Å². The summed E-state index contributed by atoms with van der Waals surface area (Å²) in [5.74, 6) is -0.718. The summed E-state index contributed by atoms with van der Waals surface area (Å²) < 4.78 is 5.78. The van der Waals surface area contributed by atoms with Gasteiger partial charge in [0.05, 0.1) is 17.8 Å². The molecule has 24 heavy (non-hydrogen) atoms. The Morgan fingerprint density at radius 3 is 2.58 bits per heavy atom. The molecule has 124 valence electrons. The normalized spacial score (nSPS) is 15.6. The molecule has 0 unspecified atom stereocenters. The quantitative estimate of drug-likeness (QED) is 0.939. The summed E-state index contributed by atoms with van der Waals surface area (Å²) in [7, 11) is 0. The second-order valence-electron chi connectivity index (χ2n) is 6.42. The first kappa shape index (κ1) is 16.1. The number of carboxylic acid groups (broad SMARTS) is 1. The number of carbonyl (C=O) groups is 2. The van der Waals surface area contributed by atoms with E-state index < -0.39 is 11.6 Å². The molecule has 0 saturated heterocycles. The zero-order chi connectivity index (χ0) is 17.5. The highest BCUT2D eigenvalue weighted by molar-refractivity contribution is 6.03. The van der Waals surface area contributed by atoms with Crippen LogP contribution in [0.5, 0.6) is 5.75 Å². The van der Waals surface area contributed by atoms with Crippen LogP contribution in [0.25, 0.3) is 0 Å². The molecular weight excluding hydrogens is 306 g/mol. The molecule has 0 saturated carbocycles. The van der Waals surface area contributed by atoms with Gasteiger partial charge in [0.15, 0.2) is 5.60 Å². The molecule has 3 rings (SSSR count). The third-order valence-corrected chi connectivity index (χ3v) is 4.21. The fraction of sp³-hybridized carbons (Fsp3) is 0.263. The van der Waals surface area contributed by atoms with E-state index in [4.69, 9.17) is 4.74 Å². The maximum atomic E-state index is 12.9. The lowest BCUT2D eigenvalue weighted by molar-refractivity contribution is -0.132. The van der Waals surface area contributed by atoms with E-state index >= 15 is 0 Å². The predicted octanol–water partition coefficient (Wildman–Crippen LogP) is 3.40. The highest BCUT2D eigenvalue weighted by atomic mass is 16.5. The SMILES string of the molecule is Cc1ccccc1CN1C(=O)C(C)(C)Oc2ccc(C(=O)O)cc21. The Morgan fingerprint density at radius 1 is 1.21 bits per heavy atom. The zero-order valence-electron chi connectivity index (χ0n) is 13.9. The number of hydrogen-bond acceptors (Lipinski definition) is 3. The molecule has 1 N–H and O–H groups in total. The smallest absolute Gasteiger partial charge is 0.335 e. The van der Waals surface area contributed by atoms with Crippen molar-refractivity contribution in [2.75, 3.05) is 4.90 Å². The van der Waals surface area contributed by atoms with Crippen molar-refractivity contribution in [1.29, 1.82) is 0 Å². The molecule has 0 fully saturated rings. The number of amides is 1. The van der Waals surface area contributed by atoms with Crippen LogP contribution < -0.4 is 9.64 Å². The van der Waals surface area contributed by atoms with Crippen molar-refractivity contribution in [3.63, 3.8) is 0 Å². The number of anilines is 1. The van der Waals surface area contributed by atoms with Crippen LogP contribution in [0.2, 0.25) is 0 Å². The van der Waals surface area contributed by atoms with Crippen LogP contribution in [0.3, 0.4) is 0 Å². The Balaban J connectivity index is 2.10. The van der Waals surface area contributed by atoms with Crippen molar-refractivity contribution >= 4 is 17.6 Å². The van der Waals surface area contributed by atoms with Gasteiger partial charge in [0.2, 0.25) is 0 Å². The molecule has 1 amide bonds. The molecule has 5 nitrogen and oxygen atoms in total. The average Bonchev–Trinajstić information content (AvgIpc) is 2.52. The fourth-order valence-electron chi connectivity index (χ4n) is 2.82. The lowest BCUT2D eigenvalue weighted by Gasteiger charge is -2.39. The molecule has 1 heterocycles. The number of benzene rings is 2. The van der Waals surface area contributed by atoms with Gasteiger partial charge in [-0.2, -0.15) is 0 Å². The summed E-state index contributed by atoms with van der Waals surface area (Å²) in [6.45, 7) is 5.79. The van der Waals surface area contributed by atoms with E-state index in [0.717, 1.165) is 11.1 Å². The van der Waals surface area contributed by atoms with Gasteiger partial charge in [-0.1, -0.05) is 24.3 Å². The van der Waals surface area contributed by atoms with Crippen LogP contribution in [-0.2, 0) is 11.3 Å². The van der Waals surface area contributed by atoms with E-state index in [1.165, 1.54) is 12.1 Å². The Kier molecular flexibility index (Phi) is 3.79. The molecule has 0 atom stereocenters. The second-order valence-corrected chi connectivity index (χ2v) is 6.42. The van der Waals surface area contributed by atoms with Crippen LogP contribution in [-0.4, -0.2) is 22.6 Å². The summed E-state index contributed by atoms with van der Waals surface area (Å²) in [4.78, 5) is 25.7. The standard InChI is InChI=1S/C19H19NO4/c1-12-6-4-5-7-14(12)11-20-15-10-13(17(21)22)8-9-16(15)24-19(2,3)18(20)23/h4-10H,11H2,1-3H3,(H,21,22). The maximum Gasteiger partial charge on any atom is 0.335 e. The van der Waals surface area contributed by atoms with Gasteiger partial charge in [-0.25, -0.2) is 4.79 Å². The first-order valence-corrected chi connectivity index (χ1v) is 7.72. The van der Waals surface area contributed by atoms with Crippen LogP contribution >= 0.6 is 0 Å². The molecule has 0 spiro atoms. The lowest BCUT2D eigenvalue weighted by atomic mass is 10.0. The van der Waals surface area contributed by atoms with E-state index in [1.54, 1.807) is 24.8 Å². The van der Waals surface area contributed by atoms with Gasteiger partial charge >= 0.3 is 5.97 Å². The minimum absolute atomic E-state index is 0.125. The summed E-state index contributed by atoms with van der Waals surface area (Å²) in [6, 6.07) is 12.4. The van der Waals surface area contributed by atoms with E-state index in [9.17, 15) is 14.7 Å². The number of ether oxygens (including phenoxy) is 1. The van der Waals surface area contributed by atoms with Crippen molar-refractivity contribution in [3.05, 3.63) is 59.2 Å². The minimum atomic E-state index is -1.04. The fourth-order valence-corrected chi connectivity index (χ4v) is 2.82. The van der Waals surface area contributed by atoms with Crippen molar-refractivity contribution < 1.29 is 19.4 Å². The van der Waals surface area contributed by atoms with Gasteiger partial charge in [-0.05, 0) is 50.1 Å². The molecule has 0 radical (unpaired) electrons. The topological polar surface area (TPSA) is 66.8 Å². The van der Waals surface area contributed by atoms with Gasteiger partial charge in [0.25, 0.3) is 5.91 Å². The summed E-state index contributed by atoms with van der Waals surface area (Å²) in [6.07, 6.45) is 0. The Bertz CT molecular complexity index is 826. The first-order chi connectivity index (χ1) is 11.3. The van der Waals surface area contributed by atoms with E-state index in [0.29, 0.717) is 18.0 Å². The Labute approximate surface area is 140 Å². The number of carboxylic acids is 1. The largest absolute Gasteiger partial charge is 0.478 e.